The van der Waals surface area contributed by atoms with Crippen LogP contribution in [0.5, 0.6) is 11.5 Å². The van der Waals surface area contributed by atoms with Gasteiger partial charge in [-0.2, -0.15) is 0 Å². The molecular formula is C31H40O4S. The second kappa shape index (κ2) is 10.8. The summed E-state index contributed by atoms with van der Waals surface area (Å²) in [6.45, 7) is 4.62. The van der Waals surface area contributed by atoms with Gasteiger partial charge in [0.25, 0.3) is 0 Å². The summed E-state index contributed by atoms with van der Waals surface area (Å²) >= 11 is 1.40. The van der Waals surface area contributed by atoms with Crippen LogP contribution in [0.25, 0.3) is 11.1 Å². The Morgan fingerprint density at radius 2 is 1.89 bits per heavy atom. The van der Waals surface area contributed by atoms with E-state index in [2.05, 4.69) is 19.1 Å². The molecule has 194 valence electrons. The molecule has 0 spiro atoms. The van der Waals surface area contributed by atoms with E-state index in [0.717, 1.165) is 80.4 Å². The highest BCUT2D eigenvalue weighted by Crippen LogP contribution is 2.62. The Kier molecular flexibility index (Phi) is 7.69. The largest absolute Gasteiger partial charge is 0.508 e. The Hall–Kier alpha value is -1.98. The number of carbonyl (C=O) groups excluding carboxylic acids is 1. The Morgan fingerprint density at radius 1 is 1.08 bits per heavy atom. The van der Waals surface area contributed by atoms with Crippen LogP contribution in [0.2, 0.25) is 0 Å². The van der Waals surface area contributed by atoms with Gasteiger partial charge in [-0.05, 0) is 127 Å². The number of unbranched alkanes of at least 4 members (excludes halogenated alkanes) is 2. The molecule has 36 heavy (non-hydrogen) atoms. The maximum atomic E-state index is 11.0. The van der Waals surface area contributed by atoms with E-state index < -0.39 is 0 Å². The summed E-state index contributed by atoms with van der Waals surface area (Å²) in [5, 5.41) is 21.5. The standard InChI is InChI=1S/C31H40O4S/c1-20(32)36-17-5-3-4-16-35-24-9-6-21(7-10-24)27-19-23(33)18-22-8-11-25-26(30(22)27)14-15-31(2)28(25)12-13-29(31)34/h6-7,9-10,18-19,25-26,28-29,33-34H,3-5,8,11-17H2,1-2H3/t25-,26+,28+,29+,31+/m1/s1. The second-order valence-electron chi connectivity index (χ2n) is 11.4. The molecule has 2 fully saturated rings. The summed E-state index contributed by atoms with van der Waals surface area (Å²) in [5.74, 6) is 3.83. The lowest BCUT2D eigenvalue weighted by molar-refractivity contribution is -0.109. The van der Waals surface area contributed by atoms with Crippen LogP contribution >= 0.6 is 11.8 Å². The lowest BCUT2D eigenvalue weighted by atomic mass is 9.55. The van der Waals surface area contributed by atoms with Gasteiger partial charge in [-0.25, -0.2) is 0 Å². The van der Waals surface area contributed by atoms with Gasteiger partial charge in [0.05, 0.1) is 12.7 Å². The molecule has 5 heteroatoms. The monoisotopic (exact) mass is 508 g/mol. The number of phenols is 1. The average Bonchev–Trinajstić information content (AvgIpc) is 3.17. The van der Waals surface area contributed by atoms with E-state index in [9.17, 15) is 15.0 Å². The van der Waals surface area contributed by atoms with Crippen LogP contribution in [0.3, 0.4) is 0 Å². The van der Waals surface area contributed by atoms with Crippen molar-refractivity contribution in [3.05, 3.63) is 47.5 Å². The molecule has 5 atom stereocenters. The lowest BCUT2D eigenvalue weighted by Gasteiger charge is -2.50. The first kappa shape index (κ1) is 25.7. The first-order chi connectivity index (χ1) is 17.4. The van der Waals surface area contributed by atoms with Crippen molar-refractivity contribution in [1.29, 1.82) is 0 Å². The Morgan fingerprint density at radius 3 is 2.67 bits per heavy atom. The van der Waals surface area contributed by atoms with Crippen molar-refractivity contribution in [2.24, 2.45) is 17.3 Å². The van der Waals surface area contributed by atoms with E-state index >= 15 is 0 Å². The van der Waals surface area contributed by atoms with Gasteiger partial charge in [0.15, 0.2) is 5.12 Å². The number of hydrogen-bond donors (Lipinski definition) is 2. The molecule has 4 nitrogen and oxygen atoms in total. The van der Waals surface area contributed by atoms with Crippen molar-refractivity contribution in [2.45, 2.75) is 83.7 Å². The van der Waals surface area contributed by atoms with Crippen molar-refractivity contribution < 1.29 is 19.7 Å². The van der Waals surface area contributed by atoms with E-state index in [1.54, 1.807) is 6.92 Å². The number of aryl methyl sites for hydroxylation is 1. The molecule has 2 aromatic carbocycles. The van der Waals surface area contributed by atoms with Crippen LogP contribution < -0.4 is 4.74 Å². The van der Waals surface area contributed by atoms with E-state index in [-0.39, 0.29) is 16.6 Å². The SMILES string of the molecule is CC(=O)SCCCCCOc1ccc(-c2cc(O)cc3c2[C@H]2CC[C@]4(C)[C@@H](O)CC[C@H]4[C@@H]2CC3)cc1. The van der Waals surface area contributed by atoms with E-state index in [1.165, 1.54) is 22.9 Å². The Labute approximate surface area is 219 Å². The number of aliphatic hydroxyl groups is 1. The van der Waals surface area contributed by atoms with Gasteiger partial charge in [0.1, 0.15) is 11.5 Å². The van der Waals surface area contributed by atoms with Crippen LogP contribution in [-0.2, 0) is 11.2 Å². The molecule has 0 unspecified atom stereocenters. The molecule has 3 aliphatic carbocycles. The predicted octanol–water partition coefficient (Wildman–Crippen LogP) is 7.11. The summed E-state index contributed by atoms with van der Waals surface area (Å²) in [4.78, 5) is 11.0. The third kappa shape index (κ3) is 5.06. The van der Waals surface area contributed by atoms with Gasteiger partial charge in [-0.3, -0.25) is 4.79 Å². The minimum Gasteiger partial charge on any atom is -0.508 e. The zero-order valence-electron chi connectivity index (χ0n) is 21.7. The van der Waals surface area contributed by atoms with Crippen LogP contribution in [-0.4, -0.2) is 33.8 Å². The van der Waals surface area contributed by atoms with Gasteiger partial charge >= 0.3 is 0 Å². The normalized spacial score (nSPS) is 28.8. The summed E-state index contributed by atoms with van der Waals surface area (Å²) in [6.07, 6.45) is 9.38. The molecule has 2 saturated carbocycles. The van der Waals surface area contributed by atoms with Gasteiger partial charge in [0, 0.05) is 12.7 Å². The number of aliphatic hydroxyl groups excluding tert-OH is 1. The van der Waals surface area contributed by atoms with Crippen LogP contribution in [0.1, 0.15) is 82.3 Å². The molecule has 0 amide bonds. The minimum absolute atomic E-state index is 0.0704. The third-order valence-corrected chi connectivity index (χ3v) is 10.2. The van der Waals surface area contributed by atoms with Gasteiger partial charge in [-0.15, -0.1) is 0 Å². The molecule has 0 bridgehead atoms. The minimum atomic E-state index is -0.156. The summed E-state index contributed by atoms with van der Waals surface area (Å²) < 4.78 is 5.97. The van der Waals surface area contributed by atoms with Crippen molar-refractivity contribution in [3.63, 3.8) is 0 Å². The van der Waals surface area contributed by atoms with Gasteiger partial charge < -0.3 is 14.9 Å². The molecular weight excluding hydrogens is 468 g/mol. The zero-order chi connectivity index (χ0) is 25.3. The molecule has 0 heterocycles. The number of ether oxygens (including phenoxy) is 1. The number of hydrogen-bond acceptors (Lipinski definition) is 5. The number of fused-ring (bicyclic) bond motifs is 5. The number of rotatable bonds is 8. The number of carbonyl (C=O) groups is 1. The number of benzene rings is 2. The number of thioether (sulfide) groups is 1. The fraction of sp³-hybridized carbons (Fsp3) is 0.581. The highest BCUT2D eigenvalue weighted by atomic mass is 32.2. The highest BCUT2D eigenvalue weighted by Gasteiger charge is 2.54. The predicted molar refractivity (Wildman–Crippen MR) is 147 cm³/mol. The zero-order valence-corrected chi connectivity index (χ0v) is 22.5. The molecule has 0 aromatic heterocycles. The molecule has 2 aromatic rings. The topological polar surface area (TPSA) is 66.8 Å². The number of phenolic OH excluding ortho intramolecular Hbond substituents is 1. The molecule has 0 aliphatic heterocycles. The summed E-state index contributed by atoms with van der Waals surface area (Å²) in [6, 6.07) is 12.3. The molecule has 0 radical (unpaired) electrons. The quantitative estimate of drug-likeness (QED) is 0.372. The third-order valence-electron chi connectivity index (χ3n) is 9.28. The second-order valence-corrected chi connectivity index (χ2v) is 12.7. The average molecular weight is 509 g/mol. The number of aromatic hydroxyl groups is 1. The fourth-order valence-corrected chi connectivity index (χ4v) is 8.08. The van der Waals surface area contributed by atoms with Gasteiger partial charge in [0.2, 0.25) is 0 Å². The first-order valence-corrected chi connectivity index (χ1v) is 14.8. The highest BCUT2D eigenvalue weighted by molar-refractivity contribution is 8.13. The maximum Gasteiger partial charge on any atom is 0.185 e. The smallest absolute Gasteiger partial charge is 0.185 e. The van der Waals surface area contributed by atoms with Crippen molar-refractivity contribution >= 4 is 16.9 Å². The molecule has 0 saturated heterocycles. The Bertz CT molecular complexity index is 1080. The summed E-state index contributed by atoms with van der Waals surface area (Å²) in [7, 11) is 0. The lowest BCUT2D eigenvalue weighted by Crippen LogP contribution is -2.44. The van der Waals surface area contributed by atoms with Crippen molar-refractivity contribution in [1.82, 2.24) is 0 Å². The fourth-order valence-electron chi connectivity index (χ4n) is 7.44. The van der Waals surface area contributed by atoms with Crippen molar-refractivity contribution in [2.75, 3.05) is 12.4 Å². The van der Waals surface area contributed by atoms with Gasteiger partial charge in [-0.1, -0.05) is 30.8 Å². The molecule has 5 rings (SSSR count). The Balaban J connectivity index is 1.29. The summed E-state index contributed by atoms with van der Waals surface area (Å²) in [5.41, 5.74) is 5.11. The van der Waals surface area contributed by atoms with Crippen LogP contribution in [0, 0.1) is 17.3 Å². The van der Waals surface area contributed by atoms with E-state index in [0.29, 0.717) is 30.1 Å². The maximum absolute atomic E-state index is 11.0. The van der Waals surface area contributed by atoms with Crippen molar-refractivity contribution in [3.8, 4) is 22.6 Å². The van der Waals surface area contributed by atoms with E-state index in [4.69, 9.17) is 4.74 Å². The van der Waals surface area contributed by atoms with E-state index in [1.807, 2.05) is 24.3 Å². The molecule has 2 N–H and O–H groups in total. The first-order valence-electron chi connectivity index (χ1n) is 13.8. The van der Waals surface area contributed by atoms with Crippen LogP contribution in [0.15, 0.2) is 36.4 Å². The van der Waals surface area contributed by atoms with Crippen LogP contribution in [0.4, 0.5) is 0 Å². The molecule has 3 aliphatic rings.